The van der Waals surface area contributed by atoms with Crippen LogP contribution in [0.5, 0.6) is 5.75 Å². The topological polar surface area (TPSA) is 64.6 Å². The van der Waals surface area contributed by atoms with Crippen LogP contribution in [0.4, 0.5) is 5.00 Å². The Balaban J connectivity index is 2.36. The van der Waals surface area contributed by atoms with E-state index in [0.29, 0.717) is 17.2 Å². The SMILES string of the molecule is CCCOc1ccc(-c2csc(NC(C)=O)c2C(=O)OCC)cc1. The van der Waals surface area contributed by atoms with Gasteiger partial charge in [0, 0.05) is 17.9 Å². The first-order valence-corrected chi connectivity index (χ1v) is 8.74. The number of nitrogens with one attached hydrogen (secondary N) is 1. The monoisotopic (exact) mass is 347 g/mol. The standard InChI is InChI=1S/C18H21NO4S/c1-4-10-23-14-8-6-13(7-9-14)15-11-24-17(19-12(3)20)16(15)18(21)22-5-2/h6-9,11H,4-5,10H2,1-3H3,(H,19,20). The lowest BCUT2D eigenvalue weighted by Crippen LogP contribution is -2.11. The molecule has 0 bridgehead atoms. The van der Waals surface area contributed by atoms with Gasteiger partial charge >= 0.3 is 5.97 Å². The van der Waals surface area contributed by atoms with E-state index in [9.17, 15) is 9.59 Å². The molecular formula is C18H21NO4S. The smallest absolute Gasteiger partial charge is 0.341 e. The van der Waals surface area contributed by atoms with Crippen molar-refractivity contribution in [3.63, 3.8) is 0 Å². The summed E-state index contributed by atoms with van der Waals surface area (Å²) in [5.41, 5.74) is 2.00. The number of carbonyl (C=O) groups is 2. The average molecular weight is 347 g/mol. The van der Waals surface area contributed by atoms with Crippen LogP contribution >= 0.6 is 11.3 Å². The molecule has 5 nitrogen and oxygen atoms in total. The van der Waals surface area contributed by atoms with Crippen LogP contribution in [-0.4, -0.2) is 25.1 Å². The fraction of sp³-hybridized carbons (Fsp3) is 0.333. The summed E-state index contributed by atoms with van der Waals surface area (Å²) in [6.07, 6.45) is 0.944. The molecule has 0 fully saturated rings. The van der Waals surface area contributed by atoms with Crippen LogP contribution in [0.2, 0.25) is 0 Å². The molecule has 1 aromatic carbocycles. The Morgan fingerprint density at radius 3 is 2.46 bits per heavy atom. The highest BCUT2D eigenvalue weighted by molar-refractivity contribution is 7.15. The van der Waals surface area contributed by atoms with Crippen molar-refractivity contribution in [2.75, 3.05) is 18.5 Å². The molecule has 0 spiro atoms. The van der Waals surface area contributed by atoms with Crippen molar-refractivity contribution in [3.8, 4) is 16.9 Å². The third-order valence-corrected chi connectivity index (χ3v) is 4.09. The number of amides is 1. The number of hydrogen-bond donors (Lipinski definition) is 1. The zero-order chi connectivity index (χ0) is 17.5. The molecule has 1 aromatic heterocycles. The molecule has 0 saturated heterocycles. The molecule has 0 atom stereocenters. The highest BCUT2D eigenvalue weighted by atomic mass is 32.1. The number of anilines is 1. The van der Waals surface area contributed by atoms with Gasteiger partial charge < -0.3 is 14.8 Å². The van der Waals surface area contributed by atoms with E-state index in [1.807, 2.05) is 29.6 Å². The number of ether oxygens (including phenoxy) is 2. The molecule has 0 aliphatic heterocycles. The van der Waals surface area contributed by atoms with Crippen LogP contribution in [0, 0.1) is 0 Å². The summed E-state index contributed by atoms with van der Waals surface area (Å²) in [4.78, 5) is 23.7. The van der Waals surface area contributed by atoms with Crippen LogP contribution in [0.25, 0.3) is 11.1 Å². The van der Waals surface area contributed by atoms with Crippen molar-refractivity contribution in [3.05, 3.63) is 35.2 Å². The Kier molecular flexibility index (Phi) is 6.37. The molecule has 2 aromatic rings. The maximum absolute atomic E-state index is 12.3. The van der Waals surface area contributed by atoms with Crippen LogP contribution in [-0.2, 0) is 9.53 Å². The lowest BCUT2D eigenvalue weighted by atomic mass is 10.0. The number of esters is 1. The summed E-state index contributed by atoms with van der Waals surface area (Å²) in [5, 5.41) is 5.04. The van der Waals surface area contributed by atoms with Crippen LogP contribution < -0.4 is 10.1 Å². The van der Waals surface area contributed by atoms with Gasteiger partial charge in [-0.3, -0.25) is 4.79 Å². The molecule has 1 amide bonds. The molecular weight excluding hydrogens is 326 g/mol. The fourth-order valence-electron chi connectivity index (χ4n) is 2.18. The first kappa shape index (κ1) is 18.0. The number of benzene rings is 1. The van der Waals surface area contributed by atoms with Crippen molar-refractivity contribution < 1.29 is 19.1 Å². The van der Waals surface area contributed by atoms with Crippen LogP contribution in [0.15, 0.2) is 29.6 Å². The van der Waals surface area contributed by atoms with Gasteiger partial charge in [0.2, 0.25) is 5.91 Å². The predicted octanol–water partition coefficient (Wildman–Crippen LogP) is 4.34. The largest absolute Gasteiger partial charge is 0.494 e. The zero-order valence-corrected chi connectivity index (χ0v) is 14.9. The Morgan fingerprint density at radius 1 is 1.17 bits per heavy atom. The summed E-state index contributed by atoms with van der Waals surface area (Å²) in [6, 6.07) is 7.53. The predicted molar refractivity (Wildman–Crippen MR) is 95.8 cm³/mol. The van der Waals surface area contributed by atoms with Crippen molar-refractivity contribution in [2.45, 2.75) is 27.2 Å². The molecule has 1 heterocycles. The normalized spacial score (nSPS) is 10.3. The average Bonchev–Trinajstić information content (AvgIpc) is 2.96. The molecule has 1 N–H and O–H groups in total. The Hall–Kier alpha value is -2.34. The van der Waals surface area contributed by atoms with E-state index in [2.05, 4.69) is 12.2 Å². The summed E-state index contributed by atoms with van der Waals surface area (Å²) in [6.45, 7) is 6.15. The molecule has 0 aliphatic carbocycles. The maximum Gasteiger partial charge on any atom is 0.341 e. The second-order valence-corrected chi connectivity index (χ2v) is 6.01. The third-order valence-electron chi connectivity index (χ3n) is 3.20. The lowest BCUT2D eigenvalue weighted by Gasteiger charge is -2.09. The highest BCUT2D eigenvalue weighted by Crippen LogP contribution is 2.36. The summed E-state index contributed by atoms with van der Waals surface area (Å²) in [5.74, 6) is 0.122. The highest BCUT2D eigenvalue weighted by Gasteiger charge is 2.22. The van der Waals surface area contributed by atoms with Crippen molar-refractivity contribution in [2.24, 2.45) is 0 Å². The van der Waals surface area contributed by atoms with E-state index < -0.39 is 5.97 Å². The third kappa shape index (κ3) is 4.35. The Labute approximate surface area is 145 Å². The summed E-state index contributed by atoms with van der Waals surface area (Å²) in [7, 11) is 0. The molecule has 6 heteroatoms. The molecule has 0 unspecified atom stereocenters. The molecule has 24 heavy (non-hydrogen) atoms. The van der Waals surface area contributed by atoms with E-state index in [1.54, 1.807) is 6.92 Å². The minimum atomic E-state index is -0.441. The lowest BCUT2D eigenvalue weighted by molar-refractivity contribution is -0.114. The second kappa shape index (κ2) is 8.49. The van der Waals surface area contributed by atoms with Gasteiger partial charge in [-0.15, -0.1) is 11.3 Å². The molecule has 2 rings (SSSR count). The fourth-order valence-corrected chi connectivity index (χ4v) is 3.18. The summed E-state index contributed by atoms with van der Waals surface area (Å²) < 4.78 is 10.7. The van der Waals surface area contributed by atoms with Gasteiger partial charge in [-0.05, 0) is 31.0 Å². The number of rotatable bonds is 7. The first-order valence-electron chi connectivity index (χ1n) is 7.86. The van der Waals surface area contributed by atoms with Crippen molar-refractivity contribution in [1.29, 1.82) is 0 Å². The maximum atomic E-state index is 12.3. The van der Waals surface area contributed by atoms with Gasteiger partial charge in [0.15, 0.2) is 0 Å². The van der Waals surface area contributed by atoms with Crippen LogP contribution in [0.3, 0.4) is 0 Å². The van der Waals surface area contributed by atoms with E-state index in [-0.39, 0.29) is 12.5 Å². The van der Waals surface area contributed by atoms with Gasteiger partial charge in [0.05, 0.1) is 13.2 Å². The Morgan fingerprint density at radius 2 is 1.88 bits per heavy atom. The van der Waals surface area contributed by atoms with Gasteiger partial charge in [-0.2, -0.15) is 0 Å². The number of hydrogen-bond acceptors (Lipinski definition) is 5. The quantitative estimate of drug-likeness (QED) is 0.757. The van der Waals surface area contributed by atoms with Crippen molar-refractivity contribution >= 4 is 28.2 Å². The van der Waals surface area contributed by atoms with Gasteiger partial charge in [0.25, 0.3) is 0 Å². The molecule has 0 aliphatic rings. The summed E-state index contributed by atoms with van der Waals surface area (Å²) >= 11 is 1.31. The van der Waals surface area contributed by atoms with Crippen molar-refractivity contribution in [1.82, 2.24) is 0 Å². The van der Waals surface area contributed by atoms with E-state index in [0.717, 1.165) is 23.3 Å². The Bertz CT molecular complexity index is 706. The molecule has 128 valence electrons. The number of thiophene rings is 1. The molecule has 0 saturated carbocycles. The van der Waals surface area contributed by atoms with Gasteiger partial charge in [-0.25, -0.2) is 4.79 Å². The van der Waals surface area contributed by atoms with E-state index >= 15 is 0 Å². The van der Waals surface area contributed by atoms with Gasteiger partial charge in [0.1, 0.15) is 16.3 Å². The second-order valence-electron chi connectivity index (χ2n) is 5.13. The minimum absolute atomic E-state index is 0.225. The van der Waals surface area contributed by atoms with Crippen LogP contribution in [0.1, 0.15) is 37.6 Å². The van der Waals surface area contributed by atoms with E-state index in [1.165, 1.54) is 18.3 Å². The zero-order valence-electron chi connectivity index (χ0n) is 14.0. The molecule has 0 radical (unpaired) electrons. The minimum Gasteiger partial charge on any atom is -0.494 e. The number of carbonyl (C=O) groups excluding carboxylic acids is 2. The van der Waals surface area contributed by atoms with E-state index in [4.69, 9.17) is 9.47 Å². The first-order chi connectivity index (χ1) is 11.6. The van der Waals surface area contributed by atoms with Gasteiger partial charge in [-0.1, -0.05) is 19.1 Å².